The number of para-hydroxylation sites is 1. The van der Waals surface area contributed by atoms with E-state index in [1.54, 1.807) is 0 Å². The Morgan fingerprint density at radius 3 is 3.00 bits per heavy atom. The fraction of sp³-hybridized carbons (Fsp3) is 0.368. The SMILES string of the molecule is Cc1ccccc1OCC(=O)NCc1c(C)ncc2c1CCNC2. The third kappa shape index (κ3) is 3.74. The van der Waals surface area contributed by atoms with Gasteiger partial charge in [-0.1, -0.05) is 18.2 Å². The molecule has 0 aliphatic carbocycles. The Morgan fingerprint density at radius 1 is 1.33 bits per heavy atom. The van der Waals surface area contributed by atoms with Gasteiger partial charge in [-0.05, 0) is 55.1 Å². The van der Waals surface area contributed by atoms with Crippen molar-refractivity contribution in [1.29, 1.82) is 0 Å². The molecule has 0 spiro atoms. The first-order valence-corrected chi connectivity index (χ1v) is 8.27. The van der Waals surface area contributed by atoms with Crippen LogP contribution in [0.4, 0.5) is 0 Å². The minimum Gasteiger partial charge on any atom is -0.484 e. The molecule has 0 saturated carbocycles. The minimum atomic E-state index is -0.121. The van der Waals surface area contributed by atoms with Gasteiger partial charge in [-0.25, -0.2) is 0 Å². The zero-order valence-corrected chi connectivity index (χ0v) is 14.2. The molecule has 1 aliphatic rings. The van der Waals surface area contributed by atoms with Crippen molar-refractivity contribution in [3.8, 4) is 5.75 Å². The summed E-state index contributed by atoms with van der Waals surface area (Å²) in [6.45, 7) is 6.29. The molecule has 0 saturated heterocycles. The molecule has 3 rings (SSSR count). The van der Waals surface area contributed by atoms with Crippen molar-refractivity contribution in [2.75, 3.05) is 13.2 Å². The molecule has 126 valence electrons. The van der Waals surface area contributed by atoms with Crippen LogP contribution in [0.15, 0.2) is 30.5 Å². The molecular formula is C19H23N3O2. The molecule has 24 heavy (non-hydrogen) atoms. The van der Waals surface area contributed by atoms with Crippen LogP contribution in [0.3, 0.4) is 0 Å². The number of nitrogens with zero attached hydrogens (tertiary/aromatic N) is 1. The Labute approximate surface area is 142 Å². The summed E-state index contributed by atoms with van der Waals surface area (Å²) in [5.41, 5.74) is 5.69. The summed E-state index contributed by atoms with van der Waals surface area (Å²) in [6, 6.07) is 7.69. The van der Waals surface area contributed by atoms with Crippen LogP contribution in [0.2, 0.25) is 0 Å². The van der Waals surface area contributed by atoms with Crippen molar-refractivity contribution in [1.82, 2.24) is 15.6 Å². The van der Waals surface area contributed by atoms with E-state index in [2.05, 4.69) is 15.6 Å². The predicted octanol–water partition coefficient (Wildman–Crippen LogP) is 2.04. The maximum Gasteiger partial charge on any atom is 0.258 e. The largest absolute Gasteiger partial charge is 0.484 e. The number of hydrogen-bond acceptors (Lipinski definition) is 4. The maximum absolute atomic E-state index is 12.1. The van der Waals surface area contributed by atoms with Crippen LogP contribution in [0.5, 0.6) is 5.75 Å². The molecule has 2 heterocycles. The van der Waals surface area contributed by atoms with E-state index in [4.69, 9.17) is 4.74 Å². The van der Waals surface area contributed by atoms with Gasteiger partial charge in [0.25, 0.3) is 5.91 Å². The van der Waals surface area contributed by atoms with Crippen molar-refractivity contribution in [2.24, 2.45) is 0 Å². The highest BCUT2D eigenvalue weighted by atomic mass is 16.5. The second kappa shape index (κ2) is 7.45. The minimum absolute atomic E-state index is 0.0217. The number of aryl methyl sites for hydroxylation is 2. The zero-order chi connectivity index (χ0) is 16.9. The molecule has 2 N–H and O–H groups in total. The normalized spacial score (nSPS) is 13.2. The number of carbonyl (C=O) groups is 1. The van der Waals surface area contributed by atoms with Gasteiger partial charge in [-0.15, -0.1) is 0 Å². The number of hydrogen-bond donors (Lipinski definition) is 2. The van der Waals surface area contributed by atoms with Crippen LogP contribution >= 0.6 is 0 Å². The number of amides is 1. The number of rotatable bonds is 5. The average molecular weight is 325 g/mol. The topological polar surface area (TPSA) is 63.2 Å². The number of carbonyl (C=O) groups excluding carboxylic acids is 1. The summed E-state index contributed by atoms with van der Waals surface area (Å²) < 4.78 is 5.59. The van der Waals surface area contributed by atoms with E-state index in [9.17, 15) is 4.79 Å². The molecule has 0 atom stereocenters. The van der Waals surface area contributed by atoms with Crippen LogP contribution in [0, 0.1) is 13.8 Å². The average Bonchev–Trinajstić information content (AvgIpc) is 2.60. The zero-order valence-electron chi connectivity index (χ0n) is 14.2. The molecule has 1 aromatic heterocycles. The highest BCUT2D eigenvalue weighted by molar-refractivity contribution is 5.77. The maximum atomic E-state index is 12.1. The molecule has 1 amide bonds. The van der Waals surface area contributed by atoms with Crippen molar-refractivity contribution >= 4 is 5.91 Å². The van der Waals surface area contributed by atoms with Crippen LogP contribution < -0.4 is 15.4 Å². The monoisotopic (exact) mass is 325 g/mol. The number of ether oxygens (including phenoxy) is 1. The van der Waals surface area contributed by atoms with Gasteiger partial charge in [0.2, 0.25) is 0 Å². The molecule has 0 bridgehead atoms. The Morgan fingerprint density at radius 2 is 2.17 bits per heavy atom. The van der Waals surface area contributed by atoms with Crippen LogP contribution in [-0.2, 0) is 24.3 Å². The molecule has 0 unspecified atom stereocenters. The van der Waals surface area contributed by atoms with E-state index in [0.717, 1.165) is 42.1 Å². The van der Waals surface area contributed by atoms with Gasteiger partial charge >= 0.3 is 0 Å². The molecule has 1 aliphatic heterocycles. The third-order valence-electron chi connectivity index (χ3n) is 4.38. The highest BCUT2D eigenvalue weighted by Gasteiger charge is 2.16. The lowest BCUT2D eigenvalue weighted by Crippen LogP contribution is -2.31. The summed E-state index contributed by atoms with van der Waals surface area (Å²) in [5, 5.41) is 6.30. The second-order valence-electron chi connectivity index (χ2n) is 6.08. The Hall–Kier alpha value is -2.40. The molecular weight excluding hydrogens is 302 g/mol. The van der Waals surface area contributed by atoms with Gasteiger partial charge in [0.05, 0.1) is 0 Å². The van der Waals surface area contributed by atoms with Crippen molar-refractivity contribution in [3.05, 3.63) is 58.4 Å². The number of benzene rings is 1. The molecule has 1 aromatic carbocycles. The Bertz CT molecular complexity index is 743. The third-order valence-corrected chi connectivity index (χ3v) is 4.38. The fourth-order valence-corrected chi connectivity index (χ4v) is 2.98. The van der Waals surface area contributed by atoms with Crippen LogP contribution in [0.25, 0.3) is 0 Å². The van der Waals surface area contributed by atoms with Gasteiger partial charge in [0, 0.05) is 25.0 Å². The number of pyridine rings is 1. The number of nitrogens with one attached hydrogen (secondary N) is 2. The first-order chi connectivity index (χ1) is 11.6. The van der Waals surface area contributed by atoms with Crippen molar-refractivity contribution in [3.63, 3.8) is 0 Å². The summed E-state index contributed by atoms with van der Waals surface area (Å²) in [5.74, 6) is 0.623. The summed E-state index contributed by atoms with van der Waals surface area (Å²) in [7, 11) is 0. The van der Waals surface area contributed by atoms with E-state index in [-0.39, 0.29) is 12.5 Å². The summed E-state index contributed by atoms with van der Waals surface area (Å²) in [6.07, 6.45) is 2.91. The molecule has 0 radical (unpaired) electrons. The van der Waals surface area contributed by atoms with E-state index in [0.29, 0.717) is 6.54 Å². The standard InChI is InChI=1S/C19H23N3O2/c1-13-5-3-4-6-18(13)24-12-19(23)22-11-17-14(2)21-10-15-9-20-8-7-16(15)17/h3-6,10,20H,7-9,11-12H2,1-2H3,(H,22,23). The number of fused-ring (bicyclic) bond motifs is 1. The molecule has 2 aromatic rings. The lowest BCUT2D eigenvalue weighted by Gasteiger charge is -2.21. The molecule has 0 fully saturated rings. The molecule has 5 nitrogen and oxygen atoms in total. The van der Waals surface area contributed by atoms with Crippen molar-refractivity contribution < 1.29 is 9.53 Å². The smallest absolute Gasteiger partial charge is 0.258 e. The Kier molecular flexibility index (Phi) is 5.11. The number of aromatic nitrogens is 1. The molecule has 5 heteroatoms. The summed E-state index contributed by atoms with van der Waals surface area (Å²) >= 11 is 0. The first kappa shape index (κ1) is 16.5. The van der Waals surface area contributed by atoms with E-state index < -0.39 is 0 Å². The summed E-state index contributed by atoms with van der Waals surface area (Å²) in [4.78, 5) is 16.6. The van der Waals surface area contributed by atoms with Gasteiger partial charge < -0.3 is 15.4 Å². The second-order valence-corrected chi connectivity index (χ2v) is 6.08. The first-order valence-electron chi connectivity index (χ1n) is 8.27. The van der Waals surface area contributed by atoms with E-state index in [1.165, 1.54) is 11.1 Å². The Balaban J connectivity index is 1.60. The van der Waals surface area contributed by atoms with Gasteiger partial charge in [0.15, 0.2) is 6.61 Å². The highest BCUT2D eigenvalue weighted by Crippen LogP contribution is 2.20. The van der Waals surface area contributed by atoms with E-state index >= 15 is 0 Å². The van der Waals surface area contributed by atoms with Gasteiger partial charge in [-0.3, -0.25) is 9.78 Å². The quantitative estimate of drug-likeness (QED) is 0.883. The van der Waals surface area contributed by atoms with Crippen molar-refractivity contribution in [2.45, 2.75) is 33.4 Å². The lowest BCUT2D eigenvalue weighted by molar-refractivity contribution is -0.123. The van der Waals surface area contributed by atoms with E-state index in [1.807, 2.05) is 44.3 Å². The van der Waals surface area contributed by atoms with Crippen LogP contribution in [0.1, 0.15) is 27.9 Å². The van der Waals surface area contributed by atoms with Gasteiger partial charge in [-0.2, -0.15) is 0 Å². The van der Waals surface area contributed by atoms with Gasteiger partial charge in [0.1, 0.15) is 5.75 Å². The van der Waals surface area contributed by atoms with Crippen LogP contribution in [-0.4, -0.2) is 24.0 Å². The predicted molar refractivity (Wildman–Crippen MR) is 92.9 cm³/mol. The fourth-order valence-electron chi connectivity index (χ4n) is 2.98. The lowest BCUT2D eigenvalue weighted by atomic mass is 9.96.